The van der Waals surface area contributed by atoms with Crippen LogP contribution in [0.25, 0.3) is 6.08 Å². The average Bonchev–Trinajstić information content (AvgIpc) is 2.16. The predicted molar refractivity (Wildman–Crippen MR) is 46.4 cm³/mol. The number of hydrogen-bond donors (Lipinski definition) is 0. The smallest absolute Gasteiger partial charge is 0.155 e. The lowest BCUT2D eigenvalue weighted by atomic mass is 10.3. The van der Waals surface area contributed by atoms with Gasteiger partial charge in [-0.2, -0.15) is 0 Å². The van der Waals surface area contributed by atoms with Gasteiger partial charge in [-0.1, -0.05) is 6.92 Å². The van der Waals surface area contributed by atoms with Crippen LogP contribution in [0, 0.1) is 0 Å². The number of aromatic nitrogens is 2. The van der Waals surface area contributed by atoms with E-state index in [-0.39, 0.29) is 5.78 Å². The van der Waals surface area contributed by atoms with Gasteiger partial charge < -0.3 is 0 Å². The van der Waals surface area contributed by atoms with Crippen LogP contribution in [0.4, 0.5) is 0 Å². The molecule has 0 aromatic carbocycles. The van der Waals surface area contributed by atoms with Gasteiger partial charge in [0.2, 0.25) is 0 Å². The third-order valence-corrected chi connectivity index (χ3v) is 1.35. The number of carbonyl (C=O) groups is 1. The van der Waals surface area contributed by atoms with Crippen LogP contribution < -0.4 is 0 Å². The molecule has 0 unspecified atom stereocenters. The molecule has 0 saturated heterocycles. The second-order valence-electron chi connectivity index (χ2n) is 2.26. The van der Waals surface area contributed by atoms with Crippen LogP contribution in [0.15, 0.2) is 24.5 Å². The molecule has 3 nitrogen and oxygen atoms in total. The van der Waals surface area contributed by atoms with E-state index in [2.05, 4.69) is 9.97 Å². The van der Waals surface area contributed by atoms with Crippen molar-refractivity contribution in [2.75, 3.05) is 0 Å². The van der Waals surface area contributed by atoms with Crippen molar-refractivity contribution in [1.82, 2.24) is 9.97 Å². The van der Waals surface area contributed by atoms with Crippen molar-refractivity contribution in [2.24, 2.45) is 0 Å². The number of ketones is 1. The van der Waals surface area contributed by atoms with E-state index >= 15 is 0 Å². The zero-order valence-corrected chi connectivity index (χ0v) is 6.90. The van der Waals surface area contributed by atoms with Crippen LogP contribution in [0.3, 0.4) is 0 Å². The maximum atomic E-state index is 10.8. The van der Waals surface area contributed by atoms with Crippen molar-refractivity contribution >= 4 is 11.9 Å². The van der Waals surface area contributed by atoms with E-state index in [1.54, 1.807) is 24.5 Å². The summed E-state index contributed by atoms with van der Waals surface area (Å²) in [6.07, 6.45) is 6.91. The Morgan fingerprint density at radius 1 is 1.50 bits per heavy atom. The minimum Gasteiger partial charge on any atom is -0.295 e. The fraction of sp³-hybridized carbons (Fsp3) is 0.222. The van der Waals surface area contributed by atoms with Gasteiger partial charge in [0.1, 0.15) is 0 Å². The molecule has 0 amide bonds. The van der Waals surface area contributed by atoms with E-state index in [0.29, 0.717) is 12.2 Å². The first-order valence-corrected chi connectivity index (χ1v) is 3.81. The van der Waals surface area contributed by atoms with Crippen molar-refractivity contribution in [1.29, 1.82) is 0 Å². The molecule has 0 N–H and O–H groups in total. The first-order chi connectivity index (χ1) is 5.83. The fourth-order valence-corrected chi connectivity index (χ4v) is 0.682. The van der Waals surface area contributed by atoms with Gasteiger partial charge in [0.25, 0.3) is 0 Å². The maximum absolute atomic E-state index is 10.8. The number of nitrogens with zero attached hydrogens (tertiary/aromatic N) is 2. The van der Waals surface area contributed by atoms with E-state index in [4.69, 9.17) is 0 Å². The molecule has 62 valence electrons. The highest BCUT2D eigenvalue weighted by Crippen LogP contribution is 1.92. The molecule has 0 saturated carbocycles. The lowest BCUT2D eigenvalue weighted by Crippen LogP contribution is -1.89. The lowest BCUT2D eigenvalue weighted by Gasteiger charge is -1.88. The Morgan fingerprint density at radius 2 is 2.17 bits per heavy atom. The second-order valence-corrected chi connectivity index (χ2v) is 2.26. The van der Waals surface area contributed by atoms with Gasteiger partial charge in [-0.05, 0) is 18.2 Å². The van der Waals surface area contributed by atoms with Crippen molar-refractivity contribution in [3.8, 4) is 0 Å². The Morgan fingerprint density at radius 3 is 2.75 bits per heavy atom. The Hall–Kier alpha value is -1.51. The topological polar surface area (TPSA) is 42.9 Å². The number of hydrogen-bond acceptors (Lipinski definition) is 3. The molecule has 0 atom stereocenters. The van der Waals surface area contributed by atoms with E-state index in [9.17, 15) is 4.79 Å². The maximum Gasteiger partial charge on any atom is 0.155 e. The first-order valence-electron chi connectivity index (χ1n) is 3.81. The quantitative estimate of drug-likeness (QED) is 0.632. The highest BCUT2D eigenvalue weighted by molar-refractivity contribution is 5.92. The van der Waals surface area contributed by atoms with E-state index < -0.39 is 0 Å². The molecule has 1 heterocycles. The summed E-state index contributed by atoms with van der Waals surface area (Å²) < 4.78 is 0. The average molecular weight is 162 g/mol. The lowest BCUT2D eigenvalue weighted by molar-refractivity contribution is -0.114. The van der Waals surface area contributed by atoms with Gasteiger partial charge in [-0.3, -0.25) is 4.79 Å². The Kier molecular flexibility index (Phi) is 3.14. The molecule has 1 aromatic rings. The standard InChI is InChI=1S/C9H10N2O/c1-2-8(12)4-5-9-10-6-3-7-11-9/h3-7H,2H2,1H3/b5-4+. The van der Waals surface area contributed by atoms with E-state index in [1.807, 2.05) is 6.92 Å². The van der Waals surface area contributed by atoms with Gasteiger partial charge in [-0.25, -0.2) is 9.97 Å². The van der Waals surface area contributed by atoms with Crippen molar-refractivity contribution in [3.63, 3.8) is 0 Å². The molecule has 12 heavy (non-hydrogen) atoms. The molecule has 0 radical (unpaired) electrons. The summed E-state index contributed by atoms with van der Waals surface area (Å²) in [7, 11) is 0. The summed E-state index contributed by atoms with van der Waals surface area (Å²) in [5, 5.41) is 0. The van der Waals surface area contributed by atoms with Crippen LogP contribution in [-0.2, 0) is 4.79 Å². The minimum absolute atomic E-state index is 0.0856. The van der Waals surface area contributed by atoms with Gasteiger partial charge in [0, 0.05) is 18.8 Å². The van der Waals surface area contributed by atoms with Gasteiger partial charge in [0.15, 0.2) is 11.6 Å². The summed E-state index contributed by atoms with van der Waals surface area (Å²) in [4.78, 5) is 18.7. The molecule has 3 heteroatoms. The second kappa shape index (κ2) is 4.38. The molecular weight excluding hydrogens is 152 g/mol. The van der Waals surface area contributed by atoms with Crippen LogP contribution in [0.5, 0.6) is 0 Å². The zero-order chi connectivity index (χ0) is 8.81. The Balaban J connectivity index is 2.64. The van der Waals surface area contributed by atoms with Crippen molar-refractivity contribution in [3.05, 3.63) is 30.4 Å². The fourth-order valence-electron chi connectivity index (χ4n) is 0.682. The molecule has 1 aromatic heterocycles. The summed E-state index contributed by atoms with van der Waals surface area (Å²) >= 11 is 0. The van der Waals surface area contributed by atoms with Crippen LogP contribution >= 0.6 is 0 Å². The summed E-state index contributed by atoms with van der Waals surface area (Å²) in [5.41, 5.74) is 0. The third-order valence-electron chi connectivity index (χ3n) is 1.35. The van der Waals surface area contributed by atoms with Gasteiger partial charge in [0.05, 0.1) is 0 Å². The summed E-state index contributed by atoms with van der Waals surface area (Å²) in [6.45, 7) is 1.82. The molecule has 0 aliphatic carbocycles. The predicted octanol–water partition coefficient (Wildman–Crippen LogP) is 1.47. The Bertz CT molecular complexity index is 280. The summed E-state index contributed by atoms with van der Waals surface area (Å²) in [6, 6.07) is 1.74. The number of allylic oxidation sites excluding steroid dienone is 1. The SMILES string of the molecule is CCC(=O)/C=C/c1ncccn1. The van der Waals surface area contributed by atoms with E-state index in [1.165, 1.54) is 6.08 Å². The number of carbonyl (C=O) groups excluding carboxylic acids is 1. The highest BCUT2D eigenvalue weighted by Gasteiger charge is 1.90. The molecule has 0 spiro atoms. The van der Waals surface area contributed by atoms with Gasteiger partial charge in [-0.15, -0.1) is 0 Å². The normalized spacial score (nSPS) is 10.4. The largest absolute Gasteiger partial charge is 0.295 e. The zero-order valence-electron chi connectivity index (χ0n) is 6.90. The molecule has 0 fully saturated rings. The van der Waals surface area contributed by atoms with Crippen molar-refractivity contribution < 1.29 is 4.79 Å². The van der Waals surface area contributed by atoms with Crippen molar-refractivity contribution in [2.45, 2.75) is 13.3 Å². The molecule has 0 aliphatic heterocycles. The van der Waals surface area contributed by atoms with Crippen LogP contribution in [0.2, 0.25) is 0 Å². The molecule has 0 bridgehead atoms. The first kappa shape index (κ1) is 8.59. The summed E-state index contributed by atoms with van der Waals surface area (Å²) in [5.74, 6) is 0.654. The molecule has 1 rings (SSSR count). The van der Waals surface area contributed by atoms with Crippen LogP contribution in [-0.4, -0.2) is 15.8 Å². The third kappa shape index (κ3) is 2.62. The van der Waals surface area contributed by atoms with Crippen LogP contribution in [0.1, 0.15) is 19.2 Å². The highest BCUT2D eigenvalue weighted by atomic mass is 16.1. The van der Waals surface area contributed by atoms with Gasteiger partial charge >= 0.3 is 0 Å². The number of rotatable bonds is 3. The monoisotopic (exact) mass is 162 g/mol. The molecule has 0 aliphatic rings. The molecular formula is C9H10N2O. The van der Waals surface area contributed by atoms with E-state index in [0.717, 1.165) is 0 Å². The minimum atomic E-state index is 0.0856. The Labute approximate surface area is 71.2 Å².